The number of benzene rings is 2. The van der Waals surface area contributed by atoms with Gasteiger partial charge in [0.1, 0.15) is 24.7 Å². The minimum atomic E-state index is -0.878. The van der Waals surface area contributed by atoms with Crippen LogP contribution in [0, 0.1) is 0 Å². The first-order valence-electron chi connectivity index (χ1n) is 8.06. The number of amides is 1. The molecule has 0 saturated heterocycles. The first-order valence-corrected chi connectivity index (χ1v) is 8.06. The minimum Gasteiger partial charge on any atom is -0.490 e. The number of nitrogens with one attached hydrogen (secondary N) is 1. The Hall–Kier alpha value is -3.02. The Morgan fingerprint density at radius 1 is 0.920 bits per heavy atom. The lowest BCUT2D eigenvalue weighted by molar-refractivity contribution is -0.137. The minimum absolute atomic E-state index is 0.0231. The topological polar surface area (TPSA) is 84.9 Å². The molecule has 132 valence electrons. The number of carbonyl (C=O) groups is 2. The first-order chi connectivity index (χ1) is 12.2. The molecule has 0 radical (unpaired) electrons. The Morgan fingerprint density at radius 3 is 2.36 bits per heavy atom. The van der Waals surface area contributed by atoms with E-state index in [1.807, 2.05) is 30.3 Å². The number of carbonyl (C=O) groups excluding carboxylic acids is 1. The summed E-state index contributed by atoms with van der Waals surface area (Å²) in [5.74, 6) is 0.0619. The quantitative estimate of drug-likeness (QED) is 0.648. The Labute approximate surface area is 146 Å². The third-order valence-electron chi connectivity index (χ3n) is 3.34. The van der Waals surface area contributed by atoms with E-state index in [1.165, 1.54) is 0 Å². The van der Waals surface area contributed by atoms with Crippen LogP contribution in [0.2, 0.25) is 0 Å². The third kappa shape index (κ3) is 6.55. The fourth-order valence-corrected chi connectivity index (χ4v) is 2.14. The molecule has 6 nitrogen and oxygen atoms in total. The maximum Gasteiger partial charge on any atom is 0.303 e. The molecule has 0 fully saturated rings. The molecule has 0 unspecified atom stereocenters. The zero-order valence-corrected chi connectivity index (χ0v) is 13.8. The van der Waals surface area contributed by atoms with Gasteiger partial charge in [-0.1, -0.05) is 30.3 Å². The third-order valence-corrected chi connectivity index (χ3v) is 3.34. The van der Waals surface area contributed by atoms with E-state index < -0.39 is 5.97 Å². The molecule has 0 aliphatic rings. The molecular weight excluding hydrogens is 322 g/mol. The summed E-state index contributed by atoms with van der Waals surface area (Å²) < 4.78 is 11.2. The number of carboxylic acid groups (broad SMARTS) is 1. The molecule has 2 aromatic carbocycles. The number of carboxylic acids is 1. The first kappa shape index (κ1) is 18.3. The van der Waals surface area contributed by atoms with Gasteiger partial charge in [-0.15, -0.1) is 0 Å². The molecule has 0 heterocycles. The molecule has 2 N–H and O–H groups in total. The highest BCUT2D eigenvalue weighted by Crippen LogP contribution is 2.18. The maximum absolute atomic E-state index is 12.2. The lowest BCUT2D eigenvalue weighted by Gasteiger charge is -2.12. The second-order valence-electron chi connectivity index (χ2n) is 5.26. The van der Waals surface area contributed by atoms with Crippen LogP contribution in [0.4, 0.5) is 0 Å². The van der Waals surface area contributed by atoms with Crippen LogP contribution in [0.3, 0.4) is 0 Å². The number of rotatable bonds is 10. The fourth-order valence-electron chi connectivity index (χ4n) is 2.14. The lowest BCUT2D eigenvalue weighted by Crippen LogP contribution is -2.25. The average molecular weight is 343 g/mol. The van der Waals surface area contributed by atoms with Crippen molar-refractivity contribution in [2.45, 2.75) is 12.8 Å². The van der Waals surface area contributed by atoms with Crippen molar-refractivity contribution in [2.24, 2.45) is 0 Å². The maximum atomic E-state index is 12.2. The van der Waals surface area contributed by atoms with Gasteiger partial charge in [-0.3, -0.25) is 9.59 Å². The predicted octanol–water partition coefficient (Wildman–Crippen LogP) is 2.74. The van der Waals surface area contributed by atoms with Gasteiger partial charge in [0.25, 0.3) is 5.91 Å². The summed E-state index contributed by atoms with van der Waals surface area (Å²) in [6, 6.07) is 16.3. The molecule has 0 aromatic heterocycles. The lowest BCUT2D eigenvalue weighted by atomic mass is 10.2. The number of hydrogen-bond donors (Lipinski definition) is 2. The Kier molecular flexibility index (Phi) is 7.31. The van der Waals surface area contributed by atoms with Crippen LogP contribution >= 0.6 is 0 Å². The zero-order chi connectivity index (χ0) is 17.9. The molecule has 2 aromatic rings. The summed E-state index contributed by atoms with van der Waals surface area (Å²) in [6.07, 6.45) is 0.407. The van der Waals surface area contributed by atoms with E-state index in [0.29, 0.717) is 37.5 Å². The largest absolute Gasteiger partial charge is 0.490 e. The van der Waals surface area contributed by atoms with Crippen molar-refractivity contribution >= 4 is 11.9 Å². The molecular formula is C19H21NO5. The molecule has 0 atom stereocenters. The van der Waals surface area contributed by atoms with Gasteiger partial charge in [-0.05, 0) is 30.7 Å². The SMILES string of the molecule is O=C(O)CCCNC(=O)c1ccccc1OCCOc1ccccc1. The molecule has 2 rings (SSSR count). The van der Waals surface area contributed by atoms with Gasteiger partial charge in [0, 0.05) is 13.0 Å². The van der Waals surface area contributed by atoms with Crippen molar-refractivity contribution in [3.05, 3.63) is 60.2 Å². The van der Waals surface area contributed by atoms with E-state index in [0.717, 1.165) is 5.75 Å². The number of hydrogen-bond acceptors (Lipinski definition) is 4. The van der Waals surface area contributed by atoms with Crippen LogP contribution in [0.15, 0.2) is 54.6 Å². The van der Waals surface area contributed by atoms with Gasteiger partial charge >= 0.3 is 5.97 Å². The number of ether oxygens (including phenoxy) is 2. The summed E-state index contributed by atoms with van der Waals surface area (Å²) in [5.41, 5.74) is 0.414. The van der Waals surface area contributed by atoms with Gasteiger partial charge in [0.2, 0.25) is 0 Å². The molecule has 0 saturated carbocycles. The Morgan fingerprint density at radius 2 is 1.60 bits per heavy atom. The van der Waals surface area contributed by atoms with E-state index >= 15 is 0 Å². The molecule has 0 bridgehead atoms. The summed E-state index contributed by atoms with van der Waals surface area (Å²) in [7, 11) is 0. The van der Waals surface area contributed by atoms with Gasteiger partial charge in [-0.2, -0.15) is 0 Å². The van der Waals surface area contributed by atoms with Crippen molar-refractivity contribution in [1.82, 2.24) is 5.32 Å². The second-order valence-corrected chi connectivity index (χ2v) is 5.26. The van der Waals surface area contributed by atoms with Crippen LogP contribution in [-0.4, -0.2) is 36.7 Å². The van der Waals surface area contributed by atoms with E-state index in [-0.39, 0.29) is 12.3 Å². The van der Waals surface area contributed by atoms with Crippen LogP contribution < -0.4 is 14.8 Å². The van der Waals surface area contributed by atoms with E-state index in [4.69, 9.17) is 14.6 Å². The van der Waals surface area contributed by atoms with Crippen molar-refractivity contribution in [1.29, 1.82) is 0 Å². The summed E-state index contributed by atoms with van der Waals surface area (Å²) in [6.45, 7) is 0.966. The second kappa shape index (κ2) is 9.97. The summed E-state index contributed by atoms with van der Waals surface area (Å²) >= 11 is 0. The van der Waals surface area contributed by atoms with Crippen LogP contribution in [0.1, 0.15) is 23.2 Å². The molecule has 6 heteroatoms. The molecule has 1 amide bonds. The molecule has 0 aliphatic heterocycles. The highest BCUT2D eigenvalue weighted by molar-refractivity contribution is 5.96. The van der Waals surface area contributed by atoms with Gasteiger partial charge < -0.3 is 19.9 Å². The number of para-hydroxylation sites is 2. The van der Waals surface area contributed by atoms with Crippen molar-refractivity contribution < 1.29 is 24.2 Å². The van der Waals surface area contributed by atoms with Crippen LogP contribution in [0.25, 0.3) is 0 Å². The molecule has 25 heavy (non-hydrogen) atoms. The molecule has 0 spiro atoms. The van der Waals surface area contributed by atoms with Gasteiger partial charge in [0.05, 0.1) is 5.56 Å². The van der Waals surface area contributed by atoms with Crippen molar-refractivity contribution in [3.63, 3.8) is 0 Å². The summed E-state index contributed by atoms with van der Waals surface area (Å²) in [4.78, 5) is 22.7. The van der Waals surface area contributed by atoms with Crippen molar-refractivity contribution in [3.8, 4) is 11.5 Å². The van der Waals surface area contributed by atoms with E-state index in [2.05, 4.69) is 5.32 Å². The van der Waals surface area contributed by atoms with E-state index in [1.54, 1.807) is 24.3 Å². The Bertz CT molecular complexity index is 687. The molecule has 0 aliphatic carbocycles. The van der Waals surface area contributed by atoms with Gasteiger partial charge in [-0.25, -0.2) is 0 Å². The number of aliphatic carboxylic acids is 1. The van der Waals surface area contributed by atoms with Gasteiger partial charge in [0.15, 0.2) is 0 Å². The van der Waals surface area contributed by atoms with Crippen molar-refractivity contribution in [2.75, 3.05) is 19.8 Å². The summed E-state index contributed by atoms with van der Waals surface area (Å²) in [5, 5.41) is 11.3. The van der Waals surface area contributed by atoms with Crippen LogP contribution in [-0.2, 0) is 4.79 Å². The predicted molar refractivity (Wildman–Crippen MR) is 93.1 cm³/mol. The average Bonchev–Trinajstić information content (AvgIpc) is 2.63. The monoisotopic (exact) mass is 343 g/mol. The zero-order valence-electron chi connectivity index (χ0n) is 13.8. The van der Waals surface area contributed by atoms with Crippen LogP contribution in [0.5, 0.6) is 11.5 Å². The Balaban J connectivity index is 1.80. The highest BCUT2D eigenvalue weighted by atomic mass is 16.5. The smallest absolute Gasteiger partial charge is 0.303 e. The van der Waals surface area contributed by atoms with E-state index in [9.17, 15) is 9.59 Å². The normalized spacial score (nSPS) is 10.1. The fraction of sp³-hybridized carbons (Fsp3) is 0.263. The standard InChI is InChI=1S/C19H21NO5/c21-18(22)11-6-12-20-19(23)16-9-4-5-10-17(16)25-14-13-24-15-7-2-1-3-8-15/h1-5,7-10H,6,11-14H2,(H,20,23)(H,21,22). The highest BCUT2D eigenvalue weighted by Gasteiger charge is 2.11.